The molecule has 11 heteroatoms. The van der Waals surface area contributed by atoms with Gasteiger partial charge in [0.05, 0.1) is 6.42 Å². The lowest BCUT2D eigenvalue weighted by molar-refractivity contribution is -0.274. The summed E-state index contributed by atoms with van der Waals surface area (Å²) in [6.45, 7) is 0.429. The maximum Gasteiger partial charge on any atom is 0.573 e. The summed E-state index contributed by atoms with van der Waals surface area (Å²) in [5.41, 5.74) is 4.53. The van der Waals surface area contributed by atoms with Gasteiger partial charge in [-0.3, -0.25) is 19.8 Å². The number of nitrogens with zero attached hydrogens (tertiary/aromatic N) is 1. The minimum Gasteiger partial charge on any atom is -0.481 e. The summed E-state index contributed by atoms with van der Waals surface area (Å²) in [7, 11) is 0. The predicted molar refractivity (Wildman–Crippen MR) is 138 cm³/mol. The normalized spacial score (nSPS) is 25.1. The van der Waals surface area contributed by atoms with E-state index in [0.717, 1.165) is 36.5 Å². The molecule has 8 nitrogen and oxygen atoms in total. The van der Waals surface area contributed by atoms with E-state index in [1.54, 1.807) is 24.3 Å². The highest BCUT2D eigenvalue weighted by molar-refractivity contribution is 5.94. The van der Waals surface area contributed by atoms with Crippen molar-refractivity contribution in [3.63, 3.8) is 0 Å². The van der Waals surface area contributed by atoms with Crippen molar-refractivity contribution in [3.8, 4) is 5.75 Å². The molecule has 2 aromatic rings. The smallest absolute Gasteiger partial charge is 0.481 e. The fourth-order valence-electron chi connectivity index (χ4n) is 6.98. The van der Waals surface area contributed by atoms with Crippen LogP contribution in [0.4, 0.5) is 13.2 Å². The van der Waals surface area contributed by atoms with Gasteiger partial charge in [-0.25, -0.2) is 5.01 Å². The van der Waals surface area contributed by atoms with Crippen molar-refractivity contribution in [3.05, 3.63) is 65.2 Å². The maximum atomic E-state index is 13.2. The number of carbonyl (C=O) groups excluding carboxylic acids is 2. The lowest BCUT2D eigenvalue weighted by Gasteiger charge is -2.39. The highest BCUT2D eigenvalue weighted by Gasteiger charge is 2.55. The third-order valence-corrected chi connectivity index (χ3v) is 8.58. The fourth-order valence-corrected chi connectivity index (χ4v) is 6.98. The Balaban J connectivity index is 1.29. The number of hydrogen-bond donors (Lipinski definition) is 3. The molecule has 2 bridgehead atoms. The van der Waals surface area contributed by atoms with Crippen molar-refractivity contribution in [1.29, 1.82) is 0 Å². The van der Waals surface area contributed by atoms with E-state index in [1.165, 1.54) is 31.4 Å². The minimum absolute atomic E-state index is 0.0332. The summed E-state index contributed by atoms with van der Waals surface area (Å²) < 4.78 is 41.5. The second-order valence-corrected chi connectivity index (χ2v) is 11.0. The molecule has 0 heterocycles. The molecule has 3 saturated carbocycles. The Morgan fingerprint density at radius 3 is 2.23 bits per heavy atom. The monoisotopic (exact) mass is 559 g/mol. The number of carbonyl (C=O) groups is 3. The van der Waals surface area contributed by atoms with E-state index >= 15 is 0 Å². The third kappa shape index (κ3) is 6.41. The molecule has 214 valence electrons. The van der Waals surface area contributed by atoms with Gasteiger partial charge in [0.2, 0.25) is 0 Å². The number of hydrazine groups is 1. The quantitative estimate of drug-likeness (QED) is 0.363. The van der Waals surface area contributed by atoms with Gasteiger partial charge in [-0.1, -0.05) is 18.6 Å². The molecule has 3 aliphatic carbocycles. The van der Waals surface area contributed by atoms with E-state index in [2.05, 4.69) is 15.5 Å². The van der Waals surface area contributed by atoms with Crippen LogP contribution in [0.15, 0.2) is 48.5 Å². The molecule has 2 aromatic carbocycles. The Labute approximate surface area is 229 Å². The van der Waals surface area contributed by atoms with E-state index in [1.807, 2.05) is 5.01 Å². The second kappa shape index (κ2) is 11.5. The number of nitrogens with one attached hydrogen (secondary N) is 2. The highest BCUT2D eigenvalue weighted by Crippen LogP contribution is 2.59. The summed E-state index contributed by atoms with van der Waals surface area (Å²) in [6, 6.07) is 11.9. The molecule has 0 aliphatic heterocycles. The maximum absolute atomic E-state index is 13.2. The lowest BCUT2D eigenvalue weighted by Crippen LogP contribution is -2.51. The molecule has 0 aromatic heterocycles. The molecule has 40 heavy (non-hydrogen) atoms. The highest BCUT2D eigenvalue weighted by atomic mass is 19.4. The van der Waals surface area contributed by atoms with Gasteiger partial charge in [-0.05, 0) is 91.3 Å². The summed E-state index contributed by atoms with van der Waals surface area (Å²) in [4.78, 5) is 36.2. The van der Waals surface area contributed by atoms with Gasteiger partial charge in [0.1, 0.15) is 5.75 Å². The molecular weight excluding hydrogens is 527 g/mol. The number of aliphatic carboxylic acids is 1. The van der Waals surface area contributed by atoms with E-state index in [4.69, 9.17) is 5.11 Å². The van der Waals surface area contributed by atoms with Crippen molar-refractivity contribution < 1.29 is 37.4 Å². The molecule has 5 rings (SSSR count). The topological polar surface area (TPSA) is 108 Å². The van der Waals surface area contributed by atoms with Crippen LogP contribution in [0.3, 0.4) is 0 Å². The Morgan fingerprint density at radius 2 is 1.55 bits per heavy atom. The van der Waals surface area contributed by atoms with Crippen LogP contribution >= 0.6 is 0 Å². The molecule has 2 amide bonds. The fraction of sp³-hybridized carbons (Fsp3) is 0.483. The van der Waals surface area contributed by atoms with Gasteiger partial charge in [0, 0.05) is 30.3 Å². The van der Waals surface area contributed by atoms with Crippen LogP contribution in [-0.2, 0) is 11.3 Å². The molecule has 3 fully saturated rings. The molecule has 3 N–H and O–H groups in total. The largest absolute Gasteiger partial charge is 0.573 e. The Hall–Kier alpha value is -3.60. The molecule has 5 atom stereocenters. The predicted octanol–water partition coefficient (Wildman–Crippen LogP) is 4.76. The number of ether oxygens (including phenoxy) is 1. The number of carboxylic acid groups (broad SMARTS) is 1. The van der Waals surface area contributed by atoms with Gasteiger partial charge in [0.25, 0.3) is 11.8 Å². The summed E-state index contributed by atoms with van der Waals surface area (Å²) in [6.07, 6.45) is 0.866. The number of halogens is 3. The summed E-state index contributed by atoms with van der Waals surface area (Å²) >= 11 is 0. The van der Waals surface area contributed by atoms with Crippen molar-refractivity contribution in [2.45, 2.75) is 57.5 Å². The van der Waals surface area contributed by atoms with Crippen LogP contribution < -0.4 is 15.5 Å². The average Bonchev–Trinajstić information content (AvgIpc) is 3.62. The van der Waals surface area contributed by atoms with Crippen LogP contribution in [0.5, 0.6) is 5.75 Å². The van der Waals surface area contributed by atoms with Gasteiger partial charge in [-0.15, -0.1) is 13.2 Å². The summed E-state index contributed by atoms with van der Waals surface area (Å²) in [5.74, 6) is 0.353. The molecule has 3 aliphatic rings. The first-order valence-electron chi connectivity index (χ1n) is 13.6. The number of alkyl halides is 3. The standard InChI is InChI=1S/C29H32F3N3O5/c30-29(31,32)40-21-10-8-19(9-11-21)28(39)34-35(25-15-20-14-24(25)23-3-1-2-22(20)23)16-17-4-6-18(7-5-17)27(38)33-13-12-26(36)37/h4-11,20,22-25H,1-3,12-16H2,(H,33,38)(H,34,39)(H,36,37)/t20-,22?,23?,24-,25?/m0/s1. The van der Waals surface area contributed by atoms with Gasteiger partial charge < -0.3 is 15.2 Å². The second-order valence-electron chi connectivity index (χ2n) is 11.0. The Kier molecular flexibility index (Phi) is 8.02. The molecular formula is C29H32F3N3O5. The number of amides is 2. The first-order valence-corrected chi connectivity index (χ1v) is 13.6. The third-order valence-electron chi connectivity index (χ3n) is 8.58. The average molecular weight is 560 g/mol. The van der Waals surface area contributed by atoms with E-state index in [9.17, 15) is 27.6 Å². The number of fused-ring (bicyclic) bond motifs is 5. The van der Waals surface area contributed by atoms with Crippen molar-refractivity contribution in [1.82, 2.24) is 15.8 Å². The molecule has 0 spiro atoms. The first kappa shape index (κ1) is 27.9. The number of rotatable bonds is 10. The van der Waals surface area contributed by atoms with Gasteiger partial charge in [-0.2, -0.15) is 0 Å². The SMILES string of the molecule is O=C(O)CCNC(=O)c1ccc(CN(NC(=O)c2ccc(OC(F)(F)F)cc2)C2C[C@@H]3C[C@H]2C2CCCC23)cc1. The molecule has 0 radical (unpaired) electrons. The zero-order chi connectivity index (χ0) is 28.4. The van der Waals surface area contributed by atoms with Gasteiger partial charge in [0.15, 0.2) is 0 Å². The van der Waals surface area contributed by atoms with Crippen LogP contribution in [0.1, 0.15) is 64.8 Å². The number of benzene rings is 2. The van der Waals surface area contributed by atoms with E-state index in [-0.39, 0.29) is 30.5 Å². The van der Waals surface area contributed by atoms with E-state index < -0.39 is 24.0 Å². The lowest BCUT2D eigenvalue weighted by atomic mass is 9.79. The molecule has 0 saturated heterocycles. The first-order chi connectivity index (χ1) is 19.1. The minimum atomic E-state index is -4.81. The Bertz CT molecular complexity index is 1230. The zero-order valence-electron chi connectivity index (χ0n) is 21.8. The van der Waals surface area contributed by atoms with Gasteiger partial charge >= 0.3 is 12.3 Å². The van der Waals surface area contributed by atoms with Crippen LogP contribution in [0.25, 0.3) is 0 Å². The van der Waals surface area contributed by atoms with Crippen molar-refractivity contribution in [2.75, 3.05) is 6.54 Å². The Morgan fingerprint density at radius 1 is 0.900 bits per heavy atom. The van der Waals surface area contributed by atoms with E-state index in [0.29, 0.717) is 29.9 Å². The summed E-state index contributed by atoms with van der Waals surface area (Å²) in [5, 5.41) is 13.3. The molecule has 3 unspecified atom stereocenters. The number of hydrogen-bond acceptors (Lipinski definition) is 5. The zero-order valence-corrected chi connectivity index (χ0v) is 21.8. The van der Waals surface area contributed by atoms with Crippen LogP contribution in [0.2, 0.25) is 0 Å². The van der Waals surface area contributed by atoms with Crippen molar-refractivity contribution in [2.24, 2.45) is 23.7 Å². The van der Waals surface area contributed by atoms with Crippen LogP contribution in [-0.4, -0.2) is 46.8 Å². The van der Waals surface area contributed by atoms with Crippen LogP contribution in [0, 0.1) is 23.7 Å². The van der Waals surface area contributed by atoms with Crippen molar-refractivity contribution >= 4 is 17.8 Å². The number of carboxylic acids is 1.